The third-order valence-electron chi connectivity index (χ3n) is 4.41. The highest BCUT2D eigenvalue weighted by Gasteiger charge is 2.40. The Kier molecular flexibility index (Phi) is 3.85. The van der Waals surface area contributed by atoms with Gasteiger partial charge in [-0.15, -0.1) is 0 Å². The van der Waals surface area contributed by atoms with E-state index in [1.54, 1.807) is 12.1 Å². The zero-order valence-corrected chi connectivity index (χ0v) is 13.0. The Labute approximate surface area is 131 Å². The maximum absolute atomic E-state index is 12.5. The van der Waals surface area contributed by atoms with E-state index < -0.39 is 5.97 Å². The van der Waals surface area contributed by atoms with Crippen LogP contribution in [0.2, 0.25) is 0 Å². The largest absolute Gasteiger partial charge is 0.478 e. The Balaban J connectivity index is 1.89. The highest BCUT2D eigenvalue weighted by Crippen LogP contribution is 2.45. The van der Waals surface area contributed by atoms with Crippen LogP contribution >= 0.6 is 15.9 Å². The predicted octanol–water partition coefficient (Wildman–Crippen LogP) is 3.59. The van der Waals surface area contributed by atoms with Crippen molar-refractivity contribution in [1.82, 2.24) is 0 Å². The van der Waals surface area contributed by atoms with Gasteiger partial charge in [-0.1, -0.05) is 15.9 Å². The number of rotatable bonds is 3. The van der Waals surface area contributed by atoms with Gasteiger partial charge in [0.15, 0.2) is 0 Å². The van der Waals surface area contributed by atoms with Gasteiger partial charge in [-0.05, 0) is 61.8 Å². The van der Waals surface area contributed by atoms with Crippen LogP contribution in [-0.2, 0) is 9.59 Å². The van der Waals surface area contributed by atoms with Gasteiger partial charge in [-0.25, -0.2) is 4.79 Å². The first-order valence-electron chi connectivity index (χ1n) is 7.10. The van der Waals surface area contributed by atoms with E-state index in [2.05, 4.69) is 21.2 Å². The second kappa shape index (κ2) is 5.64. The van der Waals surface area contributed by atoms with E-state index in [1.807, 2.05) is 12.1 Å². The molecule has 1 aromatic rings. The first-order chi connectivity index (χ1) is 10.1. The van der Waals surface area contributed by atoms with Crippen LogP contribution in [0.5, 0.6) is 0 Å². The number of carbonyl (C=O) groups excluding carboxylic acids is 1. The Bertz CT molecular complexity index is 613. The minimum absolute atomic E-state index is 0.0400. The number of carboxylic acids is 1. The maximum Gasteiger partial charge on any atom is 0.332 e. The summed E-state index contributed by atoms with van der Waals surface area (Å²) in [7, 11) is 0. The molecule has 0 heterocycles. The lowest BCUT2D eigenvalue weighted by Gasteiger charge is -2.37. The summed E-state index contributed by atoms with van der Waals surface area (Å²) in [4.78, 5) is 24.0. The van der Waals surface area contributed by atoms with Gasteiger partial charge in [0, 0.05) is 21.3 Å². The molecule has 0 aromatic heterocycles. The lowest BCUT2D eigenvalue weighted by Crippen LogP contribution is -2.35. The Morgan fingerprint density at radius 1 is 1.00 bits per heavy atom. The van der Waals surface area contributed by atoms with Crippen LogP contribution in [0.3, 0.4) is 0 Å². The lowest BCUT2D eigenvalue weighted by atomic mass is 9.66. The van der Waals surface area contributed by atoms with Crippen molar-refractivity contribution in [3.05, 3.63) is 39.9 Å². The SMILES string of the molecule is O=C(O)C1=C(C(=O)Nc2ccc(Br)cc2)[C@H]2CC[C@H]1CC2. The predicted molar refractivity (Wildman–Crippen MR) is 82.9 cm³/mol. The first-order valence-corrected chi connectivity index (χ1v) is 7.90. The van der Waals surface area contributed by atoms with Gasteiger partial charge in [0.1, 0.15) is 0 Å². The maximum atomic E-state index is 12.5. The summed E-state index contributed by atoms with van der Waals surface area (Å²) >= 11 is 3.34. The number of hydrogen-bond donors (Lipinski definition) is 2. The molecular weight excluding hydrogens is 334 g/mol. The molecule has 0 saturated heterocycles. The van der Waals surface area contributed by atoms with Gasteiger partial charge < -0.3 is 10.4 Å². The normalized spacial score (nSPS) is 24.0. The number of amides is 1. The summed E-state index contributed by atoms with van der Waals surface area (Å²) in [6, 6.07) is 7.28. The highest BCUT2D eigenvalue weighted by atomic mass is 79.9. The van der Waals surface area contributed by atoms with Crippen molar-refractivity contribution < 1.29 is 14.7 Å². The molecule has 110 valence electrons. The van der Waals surface area contributed by atoms with Crippen molar-refractivity contribution in [3.8, 4) is 0 Å². The fraction of sp³-hybridized carbons (Fsp3) is 0.375. The van der Waals surface area contributed by atoms with Crippen molar-refractivity contribution in [2.75, 3.05) is 5.32 Å². The Morgan fingerprint density at radius 3 is 2.05 bits per heavy atom. The summed E-state index contributed by atoms with van der Waals surface area (Å²) in [6.45, 7) is 0. The number of benzene rings is 1. The number of fused-ring (bicyclic) bond motifs is 2. The smallest absolute Gasteiger partial charge is 0.332 e. The monoisotopic (exact) mass is 349 g/mol. The molecule has 0 spiro atoms. The number of halogens is 1. The van der Waals surface area contributed by atoms with E-state index in [0.717, 1.165) is 30.2 Å². The summed E-state index contributed by atoms with van der Waals surface area (Å²) < 4.78 is 0.933. The molecule has 4 nitrogen and oxygen atoms in total. The Morgan fingerprint density at radius 2 is 1.52 bits per heavy atom. The molecule has 5 heteroatoms. The van der Waals surface area contributed by atoms with Crippen molar-refractivity contribution >= 4 is 33.5 Å². The summed E-state index contributed by atoms with van der Waals surface area (Å²) in [5.74, 6) is -1.07. The summed E-state index contributed by atoms with van der Waals surface area (Å²) in [5.41, 5.74) is 1.52. The van der Waals surface area contributed by atoms with Crippen molar-refractivity contribution in [1.29, 1.82) is 0 Å². The van der Waals surface area contributed by atoms with Crippen molar-refractivity contribution in [2.45, 2.75) is 25.7 Å². The molecular formula is C16H16BrNO3. The van der Waals surface area contributed by atoms with Gasteiger partial charge in [0.25, 0.3) is 5.91 Å². The fourth-order valence-corrected chi connectivity index (χ4v) is 3.70. The number of hydrogen-bond acceptors (Lipinski definition) is 2. The number of carbonyl (C=O) groups is 2. The van der Waals surface area contributed by atoms with Gasteiger partial charge in [-0.3, -0.25) is 4.79 Å². The van der Waals surface area contributed by atoms with E-state index in [-0.39, 0.29) is 17.7 Å². The Hall–Kier alpha value is -1.62. The molecule has 2 bridgehead atoms. The standard InChI is InChI=1S/C16H16BrNO3/c17-11-5-7-12(8-6-11)18-15(19)13-9-1-3-10(4-2-9)14(13)16(20)21/h5-10H,1-4H2,(H,18,19)(H,20,21)/t9-,10-. The highest BCUT2D eigenvalue weighted by molar-refractivity contribution is 9.10. The molecule has 1 aromatic carbocycles. The average molecular weight is 350 g/mol. The summed E-state index contributed by atoms with van der Waals surface area (Å²) in [5, 5.41) is 12.3. The van der Waals surface area contributed by atoms with E-state index in [1.165, 1.54) is 0 Å². The van der Waals surface area contributed by atoms with E-state index in [0.29, 0.717) is 16.8 Å². The van der Waals surface area contributed by atoms with Gasteiger partial charge >= 0.3 is 5.97 Å². The third kappa shape index (κ3) is 2.75. The first kappa shape index (κ1) is 14.3. The molecule has 3 aliphatic rings. The summed E-state index contributed by atoms with van der Waals surface area (Å²) in [6.07, 6.45) is 3.62. The van der Waals surface area contributed by atoms with Gasteiger partial charge in [0.05, 0.1) is 0 Å². The molecule has 1 saturated carbocycles. The van der Waals surface area contributed by atoms with Crippen molar-refractivity contribution in [2.24, 2.45) is 11.8 Å². The molecule has 3 aliphatic carbocycles. The molecule has 0 atom stereocenters. The van der Waals surface area contributed by atoms with Crippen LogP contribution in [-0.4, -0.2) is 17.0 Å². The molecule has 2 N–H and O–H groups in total. The third-order valence-corrected chi connectivity index (χ3v) is 4.94. The zero-order chi connectivity index (χ0) is 15.0. The minimum Gasteiger partial charge on any atom is -0.478 e. The van der Waals surface area contributed by atoms with E-state index in [4.69, 9.17) is 0 Å². The molecule has 1 fully saturated rings. The van der Waals surface area contributed by atoms with Gasteiger partial charge in [0.2, 0.25) is 0 Å². The van der Waals surface area contributed by atoms with Crippen LogP contribution in [0.25, 0.3) is 0 Å². The van der Waals surface area contributed by atoms with Crippen LogP contribution in [0, 0.1) is 11.8 Å². The van der Waals surface area contributed by atoms with Crippen LogP contribution < -0.4 is 5.32 Å². The molecule has 0 radical (unpaired) electrons. The zero-order valence-electron chi connectivity index (χ0n) is 11.4. The fourth-order valence-electron chi connectivity index (χ4n) is 3.44. The number of nitrogens with one attached hydrogen (secondary N) is 1. The topological polar surface area (TPSA) is 66.4 Å². The van der Waals surface area contributed by atoms with Crippen LogP contribution in [0.1, 0.15) is 25.7 Å². The molecule has 0 unspecified atom stereocenters. The lowest BCUT2D eigenvalue weighted by molar-refractivity contribution is -0.134. The minimum atomic E-state index is -0.939. The second-order valence-corrected chi connectivity index (χ2v) is 6.56. The number of carboxylic acid groups (broad SMARTS) is 1. The van der Waals surface area contributed by atoms with E-state index >= 15 is 0 Å². The average Bonchev–Trinajstić information content (AvgIpc) is 2.49. The number of aliphatic carboxylic acids is 1. The van der Waals surface area contributed by atoms with Crippen LogP contribution in [0.4, 0.5) is 5.69 Å². The molecule has 0 aliphatic heterocycles. The van der Waals surface area contributed by atoms with E-state index in [9.17, 15) is 14.7 Å². The van der Waals surface area contributed by atoms with Gasteiger partial charge in [-0.2, -0.15) is 0 Å². The van der Waals surface area contributed by atoms with Crippen LogP contribution in [0.15, 0.2) is 39.9 Å². The molecule has 1 amide bonds. The van der Waals surface area contributed by atoms with Crippen molar-refractivity contribution in [3.63, 3.8) is 0 Å². The molecule has 4 rings (SSSR count). The number of anilines is 1. The quantitative estimate of drug-likeness (QED) is 0.876. The second-order valence-electron chi connectivity index (χ2n) is 5.64. The molecule has 21 heavy (non-hydrogen) atoms.